The molecule has 1 fully saturated rings. The highest BCUT2D eigenvalue weighted by molar-refractivity contribution is 5.90. The highest BCUT2D eigenvalue weighted by atomic mass is 16.5. The molecular weight excluding hydrogens is 312 g/mol. The Hall–Kier alpha value is -2.59. The monoisotopic (exact) mass is 334 g/mol. The fourth-order valence-corrected chi connectivity index (χ4v) is 3.41. The zero-order chi connectivity index (χ0) is 17.1. The van der Waals surface area contributed by atoms with Crippen LogP contribution in [0.1, 0.15) is 25.0 Å². The second-order valence-corrected chi connectivity index (χ2v) is 6.55. The van der Waals surface area contributed by atoms with Crippen molar-refractivity contribution in [2.75, 3.05) is 13.1 Å². The molecule has 0 spiro atoms. The smallest absolute Gasteiger partial charge is 0.141 e. The van der Waals surface area contributed by atoms with Gasteiger partial charge in [0.25, 0.3) is 0 Å². The summed E-state index contributed by atoms with van der Waals surface area (Å²) in [6, 6.07) is 15.5. The first-order valence-corrected chi connectivity index (χ1v) is 8.85. The average molecular weight is 334 g/mol. The molecule has 1 saturated heterocycles. The number of fused-ring (bicyclic) bond motifs is 1. The fraction of sp³-hybridized carbons (Fsp3) is 0.286. The molecule has 0 atom stereocenters. The van der Waals surface area contributed by atoms with E-state index in [-0.39, 0.29) is 5.75 Å². The molecular formula is C21H22N2O2. The summed E-state index contributed by atoms with van der Waals surface area (Å²) in [5, 5.41) is 11.9. The molecule has 1 aliphatic rings. The van der Waals surface area contributed by atoms with Crippen molar-refractivity contribution in [2.24, 2.45) is 0 Å². The molecule has 25 heavy (non-hydrogen) atoms. The van der Waals surface area contributed by atoms with Gasteiger partial charge in [-0.3, -0.25) is 9.88 Å². The number of rotatable bonds is 4. The maximum Gasteiger partial charge on any atom is 0.141 e. The molecule has 1 aliphatic heterocycles. The zero-order valence-electron chi connectivity index (χ0n) is 14.2. The summed E-state index contributed by atoms with van der Waals surface area (Å²) in [5.74, 6) is 1.77. The van der Waals surface area contributed by atoms with Crippen molar-refractivity contribution < 1.29 is 9.84 Å². The third-order valence-electron chi connectivity index (χ3n) is 4.72. The van der Waals surface area contributed by atoms with Crippen molar-refractivity contribution >= 4 is 10.8 Å². The first kappa shape index (κ1) is 15.9. The molecule has 0 unspecified atom stereocenters. The lowest BCUT2D eigenvalue weighted by atomic mass is 10.1. The second kappa shape index (κ2) is 7.11. The van der Waals surface area contributed by atoms with Crippen molar-refractivity contribution in [3.63, 3.8) is 0 Å². The van der Waals surface area contributed by atoms with Gasteiger partial charge in [0.2, 0.25) is 0 Å². The van der Waals surface area contributed by atoms with Crippen LogP contribution in [0.25, 0.3) is 10.8 Å². The van der Waals surface area contributed by atoms with Crippen LogP contribution in [0.2, 0.25) is 0 Å². The standard InChI is InChI=1S/C21H22N2O2/c24-21-14-22-20(15-23-11-5-2-6-12-23)19-13-17(9-10-18(19)21)25-16-7-3-1-4-8-16/h1,3-4,7-10,13-14,24H,2,5-6,11-12,15H2. The lowest BCUT2D eigenvalue weighted by molar-refractivity contribution is 0.219. The van der Waals surface area contributed by atoms with Crippen molar-refractivity contribution in [1.82, 2.24) is 9.88 Å². The van der Waals surface area contributed by atoms with E-state index >= 15 is 0 Å². The van der Waals surface area contributed by atoms with E-state index in [0.717, 1.165) is 47.6 Å². The topological polar surface area (TPSA) is 45.6 Å². The van der Waals surface area contributed by atoms with Gasteiger partial charge in [-0.2, -0.15) is 0 Å². The summed E-state index contributed by atoms with van der Waals surface area (Å²) >= 11 is 0. The van der Waals surface area contributed by atoms with Crippen LogP contribution >= 0.6 is 0 Å². The first-order chi connectivity index (χ1) is 12.3. The number of para-hydroxylation sites is 1. The summed E-state index contributed by atoms with van der Waals surface area (Å²) in [7, 11) is 0. The van der Waals surface area contributed by atoms with E-state index in [1.165, 1.54) is 19.3 Å². The number of nitrogens with zero attached hydrogens (tertiary/aromatic N) is 2. The highest BCUT2D eigenvalue weighted by Gasteiger charge is 2.15. The molecule has 128 valence electrons. The van der Waals surface area contributed by atoms with Gasteiger partial charge < -0.3 is 9.84 Å². The number of hydrogen-bond donors (Lipinski definition) is 1. The molecule has 1 N–H and O–H groups in total. The summed E-state index contributed by atoms with van der Waals surface area (Å²) in [6.45, 7) is 3.04. The number of aromatic nitrogens is 1. The number of aromatic hydroxyl groups is 1. The average Bonchev–Trinajstić information content (AvgIpc) is 2.66. The molecule has 1 aromatic heterocycles. The van der Waals surface area contributed by atoms with Gasteiger partial charge in [0, 0.05) is 17.3 Å². The minimum Gasteiger partial charge on any atom is -0.506 e. The SMILES string of the molecule is Oc1cnc(CN2CCCCC2)c2cc(Oc3ccccc3)ccc12. The molecule has 2 heterocycles. The van der Waals surface area contributed by atoms with Crippen LogP contribution in [0.5, 0.6) is 17.2 Å². The van der Waals surface area contributed by atoms with Gasteiger partial charge in [-0.25, -0.2) is 0 Å². The van der Waals surface area contributed by atoms with E-state index < -0.39 is 0 Å². The number of pyridine rings is 1. The molecule has 0 radical (unpaired) electrons. The Kier molecular flexibility index (Phi) is 4.53. The Balaban J connectivity index is 1.67. The van der Waals surface area contributed by atoms with E-state index in [1.807, 2.05) is 48.5 Å². The minimum atomic E-state index is 0.212. The molecule has 0 saturated carbocycles. The van der Waals surface area contributed by atoms with Crippen LogP contribution in [0.3, 0.4) is 0 Å². The Labute approximate surface area is 147 Å². The van der Waals surface area contributed by atoms with Crippen molar-refractivity contribution in [3.05, 3.63) is 60.4 Å². The van der Waals surface area contributed by atoms with Gasteiger partial charge >= 0.3 is 0 Å². The number of ether oxygens (including phenoxy) is 1. The molecule has 2 aromatic carbocycles. The molecule has 4 rings (SSSR count). The largest absolute Gasteiger partial charge is 0.506 e. The zero-order valence-corrected chi connectivity index (χ0v) is 14.2. The van der Waals surface area contributed by atoms with E-state index in [4.69, 9.17) is 4.74 Å². The summed E-state index contributed by atoms with van der Waals surface area (Å²) in [5.41, 5.74) is 0.994. The normalized spacial score (nSPS) is 15.4. The summed E-state index contributed by atoms with van der Waals surface area (Å²) in [4.78, 5) is 6.94. The van der Waals surface area contributed by atoms with Crippen molar-refractivity contribution in [3.8, 4) is 17.2 Å². The second-order valence-electron chi connectivity index (χ2n) is 6.55. The number of hydrogen-bond acceptors (Lipinski definition) is 4. The molecule has 0 amide bonds. The number of likely N-dealkylation sites (tertiary alicyclic amines) is 1. The number of benzene rings is 2. The molecule has 4 heteroatoms. The highest BCUT2D eigenvalue weighted by Crippen LogP contribution is 2.32. The van der Waals surface area contributed by atoms with Crippen molar-refractivity contribution in [1.29, 1.82) is 0 Å². The van der Waals surface area contributed by atoms with Crippen LogP contribution < -0.4 is 4.74 Å². The van der Waals surface area contributed by atoms with Gasteiger partial charge in [-0.1, -0.05) is 24.6 Å². The van der Waals surface area contributed by atoms with E-state index in [9.17, 15) is 5.11 Å². The van der Waals surface area contributed by atoms with E-state index in [0.29, 0.717) is 0 Å². The molecule has 0 bridgehead atoms. The minimum absolute atomic E-state index is 0.212. The van der Waals surface area contributed by atoms with Gasteiger partial charge in [-0.05, 0) is 56.3 Å². The summed E-state index contributed by atoms with van der Waals surface area (Å²) < 4.78 is 5.95. The quantitative estimate of drug-likeness (QED) is 0.750. The predicted molar refractivity (Wildman–Crippen MR) is 99.1 cm³/mol. The van der Waals surface area contributed by atoms with Crippen LogP contribution in [0, 0.1) is 0 Å². The molecule has 0 aliphatic carbocycles. The fourth-order valence-electron chi connectivity index (χ4n) is 3.41. The molecule has 3 aromatic rings. The predicted octanol–water partition coefficient (Wildman–Crippen LogP) is 4.72. The Morgan fingerprint density at radius 1 is 0.920 bits per heavy atom. The van der Waals surface area contributed by atoms with Gasteiger partial charge in [0.15, 0.2) is 0 Å². The van der Waals surface area contributed by atoms with Gasteiger partial charge in [-0.15, -0.1) is 0 Å². The third-order valence-corrected chi connectivity index (χ3v) is 4.72. The van der Waals surface area contributed by atoms with E-state index in [1.54, 1.807) is 6.20 Å². The Morgan fingerprint density at radius 2 is 1.72 bits per heavy atom. The van der Waals surface area contributed by atoms with E-state index in [2.05, 4.69) is 9.88 Å². The van der Waals surface area contributed by atoms with Gasteiger partial charge in [0.05, 0.1) is 11.9 Å². The summed E-state index contributed by atoms with van der Waals surface area (Å²) in [6.07, 6.45) is 5.37. The van der Waals surface area contributed by atoms with Crippen molar-refractivity contribution in [2.45, 2.75) is 25.8 Å². The van der Waals surface area contributed by atoms with Crippen LogP contribution in [-0.4, -0.2) is 28.1 Å². The lowest BCUT2D eigenvalue weighted by Crippen LogP contribution is -2.29. The van der Waals surface area contributed by atoms with Crippen LogP contribution in [-0.2, 0) is 6.54 Å². The third kappa shape index (κ3) is 3.59. The maximum absolute atomic E-state index is 10.2. The van der Waals surface area contributed by atoms with Gasteiger partial charge in [0.1, 0.15) is 17.2 Å². The Morgan fingerprint density at radius 3 is 2.52 bits per heavy atom. The Bertz CT molecular complexity index is 858. The lowest BCUT2D eigenvalue weighted by Gasteiger charge is -2.26. The van der Waals surface area contributed by atoms with Crippen LogP contribution in [0.4, 0.5) is 0 Å². The first-order valence-electron chi connectivity index (χ1n) is 8.85. The molecule has 4 nitrogen and oxygen atoms in total. The van der Waals surface area contributed by atoms with Crippen LogP contribution in [0.15, 0.2) is 54.7 Å². The maximum atomic E-state index is 10.2. The number of piperidine rings is 1.